The molecule has 0 spiro atoms. The molecule has 7 nitrogen and oxygen atoms in total. The highest BCUT2D eigenvalue weighted by Crippen LogP contribution is 2.35. The number of para-hydroxylation sites is 1. The van der Waals surface area contributed by atoms with Crippen molar-refractivity contribution in [3.63, 3.8) is 0 Å². The van der Waals surface area contributed by atoms with Crippen LogP contribution >= 0.6 is 11.6 Å². The Morgan fingerprint density at radius 1 is 1.13 bits per heavy atom. The maximum absolute atomic E-state index is 13.6. The van der Waals surface area contributed by atoms with Crippen LogP contribution < -0.4 is 15.0 Å². The Morgan fingerprint density at radius 2 is 1.89 bits per heavy atom. The molecule has 1 heterocycles. The average Bonchev–Trinajstić information content (AvgIpc) is 2.96. The molecule has 1 aliphatic carbocycles. The van der Waals surface area contributed by atoms with E-state index in [4.69, 9.17) is 26.1 Å². The quantitative estimate of drug-likeness (QED) is 0.258. The van der Waals surface area contributed by atoms with Crippen molar-refractivity contribution in [2.75, 3.05) is 7.11 Å². The minimum Gasteiger partial charge on any atom is -0.493 e. The molecule has 0 amide bonds. The smallest absolute Gasteiger partial charge is 0.282 e. The van der Waals surface area contributed by atoms with Crippen LogP contribution in [0.3, 0.4) is 0 Å². The third-order valence-electron chi connectivity index (χ3n) is 6.84. The highest BCUT2D eigenvalue weighted by molar-refractivity contribution is 6.31. The lowest BCUT2D eigenvalue weighted by Gasteiger charge is -2.22. The van der Waals surface area contributed by atoms with Crippen molar-refractivity contribution < 1.29 is 9.47 Å². The normalized spacial score (nSPS) is 14.0. The summed E-state index contributed by atoms with van der Waals surface area (Å²) >= 11 is 6.39. The minimum atomic E-state index is -0.216. The lowest BCUT2D eigenvalue weighted by Crippen LogP contribution is -2.25. The van der Waals surface area contributed by atoms with Gasteiger partial charge in [-0.25, -0.2) is 4.98 Å². The first-order chi connectivity index (χ1) is 18.6. The van der Waals surface area contributed by atoms with E-state index < -0.39 is 0 Å². The van der Waals surface area contributed by atoms with Gasteiger partial charge in [-0.05, 0) is 37.1 Å². The van der Waals surface area contributed by atoms with Crippen molar-refractivity contribution in [2.45, 2.75) is 44.6 Å². The second kappa shape index (κ2) is 11.5. The molecular weight excluding hydrogens is 500 g/mol. The Bertz CT molecular complexity index is 1600. The lowest BCUT2D eigenvalue weighted by molar-refractivity contribution is 0.284. The molecule has 0 bridgehead atoms. The fourth-order valence-corrected chi connectivity index (χ4v) is 5.11. The molecule has 0 saturated heterocycles. The predicted molar refractivity (Wildman–Crippen MR) is 148 cm³/mol. The van der Waals surface area contributed by atoms with Gasteiger partial charge in [0.1, 0.15) is 12.4 Å². The Morgan fingerprint density at radius 3 is 2.68 bits per heavy atom. The first-order valence-corrected chi connectivity index (χ1v) is 13.0. The number of benzene rings is 3. The highest BCUT2D eigenvalue weighted by Gasteiger charge is 2.22. The molecule has 1 saturated carbocycles. The first kappa shape index (κ1) is 25.5. The van der Waals surface area contributed by atoms with Crippen LogP contribution in [-0.4, -0.2) is 23.0 Å². The Balaban J connectivity index is 1.58. The maximum atomic E-state index is 13.6. The van der Waals surface area contributed by atoms with E-state index in [2.05, 4.69) is 11.2 Å². The molecule has 0 aliphatic heterocycles. The number of halogens is 1. The van der Waals surface area contributed by atoms with E-state index in [-0.39, 0.29) is 18.1 Å². The van der Waals surface area contributed by atoms with E-state index in [0.717, 1.165) is 31.2 Å². The van der Waals surface area contributed by atoms with Crippen LogP contribution in [0.1, 0.15) is 60.5 Å². The van der Waals surface area contributed by atoms with E-state index in [0.29, 0.717) is 44.4 Å². The molecule has 1 aliphatic rings. The summed E-state index contributed by atoms with van der Waals surface area (Å²) in [5, 5.41) is 15.0. The largest absolute Gasteiger partial charge is 0.493 e. The number of fused-ring (bicyclic) bond motifs is 1. The van der Waals surface area contributed by atoms with Crippen molar-refractivity contribution in [3.8, 4) is 17.6 Å². The summed E-state index contributed by atoms with van der Waals surface area (Å²) in [6, 6.07) is 20.1. The van der Waals surface area contributed by atoms with Crippen LogP contribution in [0.25, 0.3) is 10.9 Å². The van der Waals surface area contributed by atoms with Gasteiger partial charge in [0.25, 0.3) is 5.56 Å². The van der Waals surface area contributed by atoms with Crippen LogP contribution in [0.5, 0.6) is 11.5 Å². The van der Waals surface area contributed by atoms with E-state index in [1.54, 1.807) is 30.5 Å². The van der Waals surface area contributed by atoms with Crippen molar-refractivity contribution in [2.24, 2.45) is 5.10 Å². The van der Waals surface area contributed by atoms with Crippen LogP contribution in [0.4, 0.5) is 0 Å². The predicted octanol–water partition coefficient (Wildman–Crippen LogP) is 6.44. The fourth-order valence-electron chi connectivity index (χ4n) is 4.89. The van der Waals surface area contributed by atoms with Gasteiger partial charge in [-0.3, -0.25) is 4.79 Å². The third-order valence-corrected chi connectivity index (χ3v) is 7.06. The maximum Gasteiger partial charge on any atom is 0.282 e. The van der Waals surface area contributed by atoms with Crippen molar-refractivity contribution >= 4 is 28.7 Å². The molecule has 192 valence electrons. The molecule has 0 atom stereocenters. The number of hydrogen-bond donors (Lipinski definition) is 0. The van der Waals surface area contributed by atoms with Gasteiger partial charge in [-0.2, -0.15) is 15.0 Å². The number of nitrogens with zero attached hydrogens (tertiary/aromatic N) is 4. The molecule has 4 aromatic rings. The van der Waals surface area contributed by atoms with Gasteiger partial charge in [0.2, 0.25) is 0 Å². The van der Waals surface area contributed by atoms with Crippen LogP contribution in [0.2, 0.25) is 5.02 Å². The second-order valence-corrected chi connectivity index (χ2v) is 9.70. The van der Waals surface area contributed by atoms with Gasteiger partial charge in [-0.15, -0.1) is 0 Å². The van der Waals surface area contributed by atoms with Crippen molar-refractivity contribution in [1.29, 1.82) is 5.26 Å². The summed E-state index contributed by atoms with van der Waals surface area (Å²) < 4.78 is 13.1. The fraction of sp³-hybridized carbons (Fsp3) is 0.267. The Kier molecular flexibility index (Phi) is 7.71. The zero-order chi connectivity index (χ0) is 26.5. The molecule has 5 rings (SSSR count). The van der Waals surface area contributed by atoms with Crippen molar-refractivity contribution in [3.05, 3.63) is 98.6 Å². The number of methoxy groups -OCH3 is 1. The standard InChI is InChI=1S/C30H27ClN4O3/c1-37-27-16-24(31)15-23(28(27)38-19-22-12-6-5-11-21(22)17-32)18-33-35-29(20-9-3-2-4-10-20)34-26-14-8-7-13-25(26)30(35)36/h5-8,11-16,18,20H,2-4,9-10,19H2,1H3. The minimum absolute atomic E-state index is 0.146. The zero-order valence-electron chi connectivity index (χ0n) is 21.1. The van der Waals surface area contributed by atoms with E-state index in [1.807, 2.05) is 36.4 Å². The molecule has 8 heteroatoms. The van der Waals surface area contributed by atoms with E-state index in [1.165, 1.54) is 18.2 Å². The zero-order valence-corrected chi connectivity index (χ0v) is 21.8. The van der Waals surface area contributed by atoms with Gasteiger partial charge in [0.15, 0.2) is 11.5 Å². The monoisotopic (exact) mass is 526 g/mol. The first-order valence-electron chi connectivity index (χ1n) is 12.6. The molecule has 3 aromatic carbocycles. The molecule has 0 N–H and O–H groups in total. The van der Waals surface area contributed by atoms with Gasteiger partial charge >= 0.3 is 0 Å². The number of rotatable bonds is 7. The summed E-state index contributed by atoms with van der Waals surface area (Å²) in [6.45, 7) is 0.146. The van der Waals surface area contributed by atoms with Gasteiger partial charge in [0, 0.05) is 28.1 Å². The molecule has 0 radical (unpaired) electrons. The molecular formula is C30H27ClN4O3. The van der Waals surface area contributed by atoms with Crippen molar-refractivity contribution in [1.82, 2.24) is 9.66 Å². The number of aromatic nitrogens is 2. The molecule has 0 unspecified atom stereocenters. The van der Waals surface area contributed by atoms with Gasteiger partial charge in [-0.1, -0.05) is 61.2 Å². The highest BCUT2D eigenvalue weighted by atomic mass is 35.5. The average molecular weight is 527 g/mol. The third kappa shape index (κ3) is 5.27. The van der Waals surface area contributed by atoms with Gasteiger partial charge < -0.3 is 9.47 Å². The SMILES string of the molecule is COc1cc(Cl)cc(C=Nn2c(C3CCCCC3)nc3ccccc3c2=O)c1OCc1ccccc1C#N. The number of ether oxygens (including phenoxy) is 2. The molecule has 38 heavy (non-hydrogen) atoms. The van der Waals surface area contributed by atoms with Crippen LogP contribution in [0.15, 0.2) is 70.6 Å². The van der Waals surface area contributed by atoms with E-state index in [9.17, 15) is 10.1 Å². The molecule has 1 aromatic heterocycles. The lowest BCUT2D eigenvalue weighted by atomic mass is 9.88. The Labute approximate surface area is 225 Å². The molecule has 1 fully saturated rings. The summed E-state index contributed by atoms with van der Waals surface area (Å²) in [5.41, 5.74) is 2.27. The van der Waals surface area contributed by atoms with E-state index >= 15 is 0 Å². The van der Waals surface area contributed by atoms with Crippen LogP contribution in [0, 0.1) is 11.3 Å². The summed E-state index contributed by atoms with van der Waals surface area (Å²) in [4.78, 5) is 18.4. The summed E-state index contributed by atoms with van der Waals surface area (Å²) in [6.07, 6.45) is 6.89. The summed E-state index contributed by atoms with van der Waals surface area (Å²) in [7, 11) is 1.53. The topological polar surface area (TPSA) is 89.5 Å². The second-order valence-electron chi connectivity index (χ2n) is 9.27. The Hall–Kier alpha value is -4.15. The van der Waals surface area contributed by atoms with Gasteiger partial charge in [0.05, 0.1) is 35.9 Å². The van der Waals surface area contributed by atoms with Crippen LogP contribution in [-0.2, 0) is 6.61 Å². The number of hydrogen-bond acceptors (Lipinski definition) is 6. The summed E-state index contributed by atoms with van der Waals surface area (Å²) in [5.74, 6) is 1.66. The number of nitriles is 1.